The number of primary sulfonamides is 1. The number of nitrogens with two attached hydrogens (primary N) is 1. The number of hydrogen-bond donors (Lipinski definition) is 3. The van der Waals surface area contributed by atoms with Crippen LogP contribution < -0.4 is 38.4 Å². The molecule has 13 nitrogen and oxygen atoms in total. The molecule has 0 aliphatic rings. The van der Waals surface area contributed by atoms with Crippen LogP contribution in [-0.4, -0.2) is 22.7 Å². The number of benzene rings is 2. The lowest BCUT2D eigenvalue weighted by molar-refractivity contribution is -2.00. The van der Waals surface area contributed by atoms with Crippen molar-refractivity contribution in [3.63, 3.8) is 0 Å². The Morgan fingerprint density at radius 2 is 1.24 bits per heavy atom. The van der Waals surface area contributed by atoms with Crippen LogP contribution in [0.1, 0.15) is 17.0 Å². The minimum Gasteiger partial charge on any atom is -0.321 e. The minimum atomic E-state index is -4.94. The molecule has 0 aliphatic heterocycles. The Morgan fingerprint density at radius 1 is 0.816 bits per heavy atom. The van der Waals surface area contributed by atoms with Gasteiger partial charge in [-0.25, -0.2) is 40.6 Å². The highest BCUT2D eigenvalue weighted by Crippen LogP contribution is 2.19. The number of halogens is 1. The van der Waals surface area contributed by atoms with E-state index in [0.717, 1.165) is 17.0 Å². The van der Waals surface area contributed by atoms with E-state index in [2.05, 4.69) is 10.0 Å². The first kappa shape index (κ1) is 31.1. The summed E-state index contributed by atoms with van der Waals surface area (Å²) in [5, 5.41) is 7.80. The molecule has 0 aliphatic carbocycles. The van der Waals surface area contributed by atoms with Crippen LogP contribution in [0.15, 0.2) is 70.5 Å². The van der Waals surface area contributed by atoms with Gasteiger partial charge in [0.05, 0.1) is 9.79 Å². The van der Waals surface area contributed by atoms with Gasteiger partial charge >= 0.3 is 0 Å². The second-order valence-corrected chi connectivity index (χ2v) is 12.0. The summed E-state index contributed by atoms with van der Waals surface area (Å²) in [4.78, 5) is 12.3. The van der Waals surface area contributed by atoms with Crippen molar-refractivity contribution in [2.45, 2.75) is 37.1 Å². The molecule has 2 aromatic carbocycles. The SMILES string of the molecule is Cc1cc(C)[n+](CC(=O)Nc2ccc(S(=O)(=O)Nc3ccc(S(N)(=O)=O)cc3)cc2)c(C)c1.[O-][Cl+3]([O-])([O-])[O-]. The number of aryl methyl sites for hydroxylation is 3. The lowest BCUT2D eigenvalue weighted by Crippen LogP contribution is -2.68. The second-order valence-electron chi connectivity index (χ2n) is 8.03. The van der Waals surface area contributed by atoms with Gasteiger partial charge in [0, 0.05) is 37.4 Å². The molecule has 0 saturated carbocycles. The molecule has 0 saturated heterocycles. The molecule has 1 heterocycles. The molecule has 0 fully saturated rings. The summed E-state index contributed by atoms with van der Waals surface area (Å²) in [7, 11) is -12.7. The largest absolute Gasteiger partial charge is 0.321 e. The number of nitrogens with one attached hydrogen (secondary N) is 2. The topological polar surface area (TPSA) is 232 Å². The van der Waals surface area contributed by atoms with E-state index in [1.807, 2.05) is 37.5 Å². The van der Waals surface area contributed by atoms with Gasteiger partial charge in [-0.05, 0) is 61.0 Å². The standard InChI is InChI=1S/C22H24N4O5S2.ClHO4/c1-15-12-16(2)26(17(3)13-15)14-22(27)24-18-4-10-21(11-5-18)33(30,31)25-19-6-8-20(9-7-19)32(23,28)29;2-1(3,4)5/h4-13,25H,14H2,1-3H3,(H2-,23,24,27,28,29);(H,2,3,4,5). The monoisotopic (exact) mass is 588 g/mol. The van der Waals surface area contributed by atoms with Crippen LogP contribution >= 0.6 is 0 Å². The van der Waals surface area contributed by atoms with Crippen LogP contribution in [0.25, 0.3) is 0 Å². The van der Waals surface area contributed by atoms with E-state index in [-0.39, 0.29) is 27.9 Å². The molecular formula is C22H25ClN4O9S2. The van der Waals surface area contributed by atoms with Gasteiger partial charge in [-0.1, -0.05) is 0 Å². The van der Waals surface area contributed by atoms with Gasteiger partial charge in [-0.15, -0.1) is 10.2 Å². The van der Waals surface area contributed by atoms with E-state index in [0.29, 0.717) is 5.69 Å². The second kappa shape index (κ2) is 12.1. The van der Waals surface area contributed by atoms with Crippen molar-refractivity contribution in [3.8, 4) is 0 Å². The molecule has 4 N–H and O–H groups in total. The highest BCUT2D eigenvalue weighted by molar-refractivity contribution is 7.92. The van der Waals surface area contributed by atoms with Gasteiger partial charge < -0.3 is 5.32 Å². The van der Waals surface area contributed by atoms with Gasteiger partial charge in [0.1, 0.15) is 0 Å². The van der Waals surface area contributed by atoms with Crippen LogP contribution in [0, 0.1) is 31.0 Å². The Morgan fingerprint density at radius 3 is 1.68 bits per heavy atom. The first-order valence-electron chi connectivity index (χ1n) is 10.5. The summed E-state index contributed by atoms with van der Waals surface area (Å²) in [6.07, 6.45) is 0. The molecule has 1 amide bonds. The lowest BCUT2D eigenvalue weighted by Gasteiger charge is -2.17. The molecule has 0 spiro atoms. The maximum Gasteiger partial charge on any atom is 0.290 e. The number of nitrogens with zero attached hydrogens (tertiary/aromatic N) is 1. The Balaban J connectivity index is 0.000000926. The van der Waals surface area contributed by atoms with Crippen molar-refractivity contribution in [2.75, 3.05) is 10.0 Å². The average molecular weight is 589 g/mol. The predicted molar refractivity (Wildman–Crippen MR) is 125 cm³/mol. The number of carbonyl (C=O) groups is 1. The fourth-order valence-corrected chi connectivity index (χ4v) is 4.95. The number of sulfonamides is 2. The van der Waals surface area contributed by atoms with Gasteiger partial charge in [-0.2, -0.15) is 4.57 Å². The van der Waals surface area contributed by atoms with Gasteiger partial charge in [0.2, 0.25) is 16.6 Å². The van der Waals surface area contributed by atoms with Crippen LogP contribution in [0.3, 0.4) is 0 Å². The Labute approximate surface area is 222 Å². The number of aromatic nitrogens is 1. The normalized spacial score (nSPS) is 11.8. The molecule has 0 unspecified atom stereocenters. The number of rotatable bonds is 7. The molecule has 38 heavy (non-hydrogen) atoms. The molecule has 3 aromatic rings. The summed E-state index contributed by atoms with van der Waals surface area (Å²) in [6, 6.07) is 14.7. The van der Waals surface area contributed by atoms with Crippen molar-refractivity contribution in [1.82, 2.24) is 0 Å². The van der Waals surface area contributed by atoms with Crippen LogP contribution in [0.5, 0.6) is 0 Å². The predicted octanol–water partition coefficient (Wildman–Crippen LogP) is -2.77. The van der Waals surface area contributed by atoms with Crippen molar-refractivity contribution in [1.29, 1.82) is 0 Å². The molecule has 206 valence electrons. The summed E-state index contributed by atoms with van der Waals surface area (Å²) in [5.74, 6) is -0.237. The summed E-state index contributed by atoms with van der Waals surface area (Å²) in [5.41, 5.74) is 3.69. The number of hydrogen-bond acceptors (Lipinski definition) is 9. The number of anilines is 2. The molecule has 0 radical (unpaired) electrons. The third kappa shape index (κ3) is 9.96. The number of carbonyl (C=O) groups excluding carboxylic acids is 1. The lowest BCUT2D eigenvalue weighted by atomic mass is 10.2. The maximum atomic E-state index is 12.6. The van der Waals surface area contributed by atoms with E-state index in [1.54, 1.807) is 0 Å². The Kier molecular flexibility index (Phi) is 9.93. The zero-order chi connectivity index (χ0) is 28.9. The fraction of sp³-hybridized carbons (Fsp3) is 0.182. The van der Waals surface area contributed by atoms with Gasteiger partial charge in [0.15, 0.2) is 11.4 Å². The van der Waals surface area contributed by atoms with Gasteiger partial charge in [0.25, 0.3) is 15.9 Å². The summed E-state index contributed by atoms with van der Waals surface area (Å²) < 4.78 is 86.1. The van der Waals surface area contributed by atoms with Crippen molar-refractivity contribution in [2.24, 2.45) is 5.14 Å². The number of amides is 1. The van der Waals surface area contributed by atoms with E-state index in [1.165, 1.54) is 48.5 Å². The molecule has 1 aromatic heterocycles. The van der Waals surface area contributed by atoms with Crippen molar-refractivity contribution in [3.05, 3.63) is 77.6 Å². The Hall–Kier alpha value is -3.15. The molecule has 0 bridgehead atoms. The van der Waals surface area contributed by atoms with Gasteiger partial charge in [-0.3, -0.25) is 9.52 Å². The summed E-state index contributed by atoms with van der Waals surface area (Å²) >= 11 is 0. The maximum absolute atomic E-state index is 12.6. The molecule has 16 heteroatoms. The minimum absolute atomic E-state index is 0.0179. The average Bonchev–Trinajstić information content (AvgIpc) is 2.75. The van der Waals surface area contributed by atoms with E-state index in [4.69, 9.17) is 23.8 Å². The molecule has 3 rings (SSSR count). The van der Waals surface area contributed by atoms with E-state index >= 15 is 0 Å². The molecule has 0 atom stereocenters. The number of pyridine rings is 1. The van der Waals surface area contributed by atoms with E-state index in [9.17, 15) is 21.6 Å². The zero-order valence-electron chi connectivity index (χ0n) is 20.4. The van der Waals surface area contributed by atoms with Crippen molar-refractivity contribution >= 4 is 37.3 Å². The summed E-state index contributed by atoms with van der Waals surface area (Å²) in [6.45, 7) is 5.99. The Bertz CT molecular complexity index is 1480. The first-order chi connectivity index (χ1) is 17.3. The van der Waals surface area contributed by atoms with Crippen molar-refractivity contribution < 1.29 is 55.1 Å². The first-order valence-corrected chi connectivity index (χ1v) is 14.8. The molecular weight excluding hydrogens is 564 g/mol. The highest BCUT2D eigenvalue weighted by atomic mass is 35.7. The zero-order valence-corrected chi connectivity index (χ0v) is 22.8. The van der Waals surface area contributed by atoms with Crippen LogP contribution in [0.4, 0.5) is 11.4 Å². The fourth-order valence-electron chi connectivity index (χ4n) is 3.37. The quantitative estimate of drug-likeness (QED) is 0.242. The third-order valence-corrected chi connectivity index (χ3v) is 7.24. The van der Waals surface area contributed by atoms with Crippen LogP contribution in [0.2, 0.25) is 0 Å². The van der Waals surface area contributed by atoms with E-state index < -0.39 is 30.3 Å². The highest BCUT2D eigenvalue weighted by Gasteiger charge is 2.18. The smallest absolute Gasteiger partial charge is 0.290 e. The van der Waals surface area contributed by atoms with Crippen LogP contribution in [-0.2, 0) is 31.4 Å². The third-order valence-electron chi connectivity index (χ3n) is 4.91.